The molecule has 1 N–H and O–H groups in total. The third-order valence-electron chi connectivity index (χ3n) is 2.38. The zero-order chi connectivity index (χ0) is 9.19. The van der Waals surface area contributed by atoms with E-state index in [4.69, 9.17) is 11.6 Å². The third-order valence-corrected chi connectivity index (χ3v) is 2.51. The van der Waals surface area contributed by atoms with Crippen LogP contribution >= 0.6 is 11.6 Å². The van der Waals surface area contributed by atoms with Crippen molar-refractivity contribution in [3.8, 4) is 0 Å². The molecule has 2 nitrogen and oxygen atoms in total. The van der Waals surface area contributed by atoms with Crippen LogP contribution in [0.4, 0.5) is 0 Å². The number of nitrogens with zero attached hydrogens (tertiary/aromatic N) is 1. The topological polar surface area (TPSA) is 23.5 Å². The molecule has 1 saturated heterocycles. The minimum atomic E-state index is 0.117. The Morgan fingerprint density at radius 1 is 1.75 bits per heavy atom. The van der Waals surface area contributed by atoms with Crippen LogP contribution in [-0.2, 0) is 0 Å². The van der Waals surface area contributed by atoms with Gasteiger partial charge >= 0.3 is 0 Å². The van der Waals surface area contributed by atoms with E-state index >= 15 is 0 Å². The zero-order valence-corrected chi connectivity index (χ0v) is 8.27. The number of hydrogen-bond acceptors (Lipinski definition) is 2. The molecule has 0 spiro atoms. The lowest BCUT2D eigenvalue weighted by Crippen LogP contribution is -2.39. The quantitative estimate of drug-likeness (QED) is 0.722. The summed E-state index contributed by atoms with van der Waals surface area (Å²) in [6.45, 7) is 7.32. The summed E-state index contributed by atoms with van der Waals surface area (Å²) in [6.07, 6.45) is 2.96. The Morgan fingerprint density at radius 3 is 2.92 bits per heavy atom. The Hall–Kier alpha value is -0.0500. The van der Waals surface area contributed by atoms with Gasteiger partial charge in [0.2, 0.25) is 0 Å². The minimum absolute atomic E-state index is 0.117. The molecule has 1 aliphatic rings. The van der Waals surface area contributed by atoms with Crippen LogP contribution < -0.4 is 0 Å². The van der Waals surface area contributed by atoms with Crippen LogP contribution in [0.25, 0.3) is 0 Å². The van der Waals surface area contributed by atoms with E-state index in [1.165, 1.54) is 5.06 Å². The first kappa shape index (κ1) is 10.0. The summed E-state index contributed by atoms with van der Waals surface area (Å²) in [6, 6.07) is 0. The summed E-state index contributed by atoms with van der Waals surface area (Å²) in [7, 11) is 0. The third kappa shape index (κ3) is 2.77. The minimum Gasteiger partial charge on any atom is -0.314 e. The number of halogens is 1. The Balaban J connectivity index is 2.51. The average Bonchev–Trinajstić information content (AvgIpc) is 1.82. The van der Waals surface area contributed by atoms with E-state index in [-0.39, 0.29) is 5.41 Å². The molecule has 1 rings (SSSR count). The monoisotopic (exact) mass is 189 g/mol. The van der Waals surface area contributed by atoms with Gasteiger partial charge in [0.25, 0.3) is 0 Å². The largest absolute Gasteiger partial charge is 0.314 e. The Labute approximate surface area is 78.8 Å². The van der Waals surface area contributed by atoms with Crippen molar-refractivity contribution in [2.45, 2.75) is 26.2 Å². The Morgan fingerprint density at radius 2 is 2.42 bits per heavy atom. The van der Waals surface area contributed by atoms with Crippen molar-refractivity contribution >= 4 is 11.6 Å². The van der Waals surface area contributed by atoms with Gasteiger partial charge in [0.15, 0.2) is 0 Å². The smallest absolute Gasteiger partial charge is 0.0295 e. The number of hydrogen-bond donors (Lipinski definition) is 1. The van der Waals surface area contributed by atoms with Crippen LogP contribution in [0.1, 0.15) is 26.2 Å². The van der Waals surface area contributed by atoms with Crippen molar-refractivity contribution in [2.24, 2.45) is 5.41 Å². The van der Waals surface area contributed by atoms with E-state index in [0.29, 0.717) is 11.6 Å². The molecule has 0 aromatic carbocycles. The van der Waals surface area contributed by atoms with Gasteiger partial charge < -0.3 is 5.21 Å². The summed E-state index contributed by atoms with van der Waals surface area (Å²) < 4.78 is 0. The predicted octanol–water partition coefficient (Wildman–Crippen LogP) is 2.62. The van der Waals surface area contributed by atoms with Crippen molar-refractivity contribution in [1.29, 1.82) is 0 Å². The second-order valence-electron chi connectivity index (χ2n) is 4.00. The van der Waals surface area contributed by atoms with Gasteiger partial charge in [0.05, 0.1) is 0 Å². The highest BCUT2D eigenvalue weighted by Gasteiger charge is 2.30. The van der Waals surface area contributed by atoms with Gasteiger partial charge in [-0.15, -0.1) is 0 Å². The van der Waals surface area contributed by atoms with Crippen molar-refractivity contribution in [3.63, 3.8) is 0 Å². The van der Waals surface area contributed by atoms with Gasteiger partial charge in [-0.05, 0) is 24.7 Å². The maximum atomic E-state index is 9.32. The fourth-order valence-corrected chi connectivity index (χ4v) is 2.22. The molecule has 0 aromatic heterocycles. The first-order chi connectivity index (χ1) is 5.52. The van der Waals surface area contributed by atoms with Crippen LogP contribution in [0, 0.1) is 5.41 Å². The summed E-state index contributed by atoms with van der Waals surface area (Å²) in [5, 5.41) is 11.4. The second-order valence-corrected chi connectivity index (χ2v) is 4.53. The lowest BCUT2D eigenvalue weighted by Gasteiger charge is -2.37. The fourth-order valence-electron chi connectivity index (χ4n) is 1.89. The molecule has 0 aliphatic carbocycles. The summed E-state index contributed by atoms with van der Waals surface area (Å²) in [4.78, 5) is 0. The fraction of sp³-hybridized carbons (Fsp3) is 0.778. The molecular formula is C9H16ClNO. The summed E-state index contributed by atoms with van der Waals surface area (Å²) in [5.41, 5.74) is 0.117. The molecule has 0 unspecified atom stereocenters. The number of allylic oxidation sites excluding steroid dienone is 1. The molecule has 0 saturated carbocycles. The molecular weight excluding hydrogens is 174 g/mol. The molecule has 1 aliphatic heterocycles. The van der Waals surface area contributed by atoms with Crippen molar-refractivity contribution < 1.29 is 5.21 Å². The van der Waals surface area contributed by atoms with E-state index in [0.717, 1.165) is 25.8 Å². The molecule has 0 aromatic rings. The highest BCUT2D eigenvalue weighted by Crippen LogP contribution is 2.35. The molecule has 0 bridgehead atoms. The average molecular weight is 190 g/mol. The van der Waals surface area contributed by atoms with Gasteiger partial charge in [-0.3, -0.25) is 0 Å². The maximum absolute atomic E-state index is 9.32. The lowest BCUT2D eigenvalue weighted by molar-refractivity contribution is -0.135. The van der Waals surface area contributed by atoms with Crippen molar-refractivity contribution in [1.82, 2.24) is 5.06 Å². The number of piperidine rings is 1. The van der Waals surface area contributed by atoms with Crippen LogP contribution in [0.3, 0.4) is 0 Å². The van der Waals surface area contributed by atoms with Gasteiger partial charge in [-0.2, -0.15) is 5.06 Å². The van der Waals surface area contributed by atoms with Crippen LogP contribution in [0.5, 0.6) is 0 Å². The van der Waals surface area contributed by atoms with E-state index in [9.17, 15) is 5.21 Å². The number of hydroxylamine groups is 2. The van der Waals surface area contributed by atoms with E-state index < -0.39 is 0 Å². The maximum Gasteiger partial charge on any atom is 0.0295 e. The standard InChI is InChI=1S/C9H16ClNO/c1-8(10)6-9(2)4-3-5-11(12)7-9/h12H,1,3-7H2,2H3/t9-/m0/s1. The summed E-state index contributed by atoms with van der Waals surface area (Å²) >= 11 is 5.75. The second kappa shape index (κ2) is 3.77. The van der Waals surface area contributed by atoms with Crippen LogP contribution in [0.2, 0.25) is 0 Å². The van der Waals surface area contributed by atoms with E-state index in [1.54, 1.807) is 0 Å². The van der Waals surface area contributed by atoms with Gasteiger partial charge in [-0.25, -0.2) is 0 Å². The first-order valence-corrected chi connectivity index (χ1v) is 4.67. The highest BCUT2D eigenvalue weighted by atomic mass is 35.5. The molecule has 12 heavy (non-hydrogen) atoms. The Bertz CT molecular complexity index is 183. The predicted molar refractivity (Wildman–Crippen MR) is 50.3 cm³/mol. The summed E-state index contributed by atoms with van der Waals surface area (Å²) in [5.74, 6) is 0. The SMILES string of the molecule is C=C(Cl)C[C@]1(C)CCCN(O)C1. The van der Waals surface area contributed by atoms with E-state index in [2.05, 4.69) is 13.5 Å². The van der Waals surface area contributed by atoms with Crippen molar-refractivity contribution in [2.75, 3.05) is 13.1 Å². The molecule has 0 radical (unpaired) electrons. The van der Waals surface area contributed by atoms with Crippen LogP contribution in [0.15, 0.2) is 11.6 Å². The molecule has 1 atom stereocenters. The first-order valence-electron chi connectivity index (χ1n) is 4.29. The van der Waals surface area contributed by atoms with Crippen molar-refractivity contribution in [3.05, 3.63) is 11.6 Å². The molecule has 70 valence electrons. The lowest BCUT2D eigenvalue weighted by atomic mass is 9.80. The van der Waals surface area contributed by atoms with Gasteiger partial charge in [0, 0.05) is 18.1 Å². The molecule has 3 heteroatoms. The zero-order valence-electron chi connectivity index (χ0n) is 7.52. The molecule has 1 fully saturated rings. The van der Waals surface area contributed by atoms with Crippen LogP contribution in [-0.4, -0.2) is 23.4 Å². The van der Waals surface area contributed by atoms with Gasteiger partial charge in [0.1, 0.15) is 0 Å². The highest BCUT2D eigenvalue weighted by molar-refractivity contribution is 6.29. The normalized spacial score (nSPS) is 31.9. The molecule has 1 heterocycles. The van der Waals surface area contributed by atoms with Gasteiger partial charge in [-0.1, -0.05) is 25.1 Å². The Kier molecular flexibility index (Phi) is 3.16. The number of rotatable bonds is 2. The molecule has 0 amide bonds. The van der Waals surface area contributed by atoms with E-state index in [1.807, 2.05) is 0 Å².